The van der Waals surface area contributed by atoms with Gasteiger partial charge in [-0.3, -0.25) is 9.48 Å². The molecule has 0 atom stereocenters. The monoisotopic (exact) mass is 279 g/mol. The highest BCUT2D eigenvalue weighted by molar-refractivity contribution is 5.89. The molecule has 20 heavy (non-hydrogen) atoms. The number of anilines is 1. The minimum Gasteiger partial charge on any atom is -0.384 e. The van der Waals surface area contributed by atoms with E-state index in [1.54, 1.807) is 33.0 Å². The summed E-state index contributed by atoms with van der Waals surface area (Å²) >= 11 is 0. The van der Waals surface area contributed by atoms with E-state index >= 15 is 0 Å². The lowest BCUT2D eigenvalue weighted by Gasteiger charge is -2.11. The molecule has 8 nitrogen and oxygen atoms in total. The zero-order chi connectivity index (χ0) is 14.8. The van der Waals surface area contributed by atoms with Gasteiger partial charge in [-0.1, -0.05) is 10.4 Å². The van der Waals surface area contributed by atoms with Crippen molar-refractivity contribution in [2.45, 2.75) is 39.3 Å². The van der Waals surface area contributed by atoms with Crippen molar-refractivity contribution < 1.29 is 14.4 Å². The van der Waals surface area contributed by atoms with E-state index in [9.17, 15) is 9.90 Å². The summed E-state index contributed by atoms with van der Waals surface area (Å²) in [5.41, 5.74) is -0.580. The van der Waals surface area contributed by atoms with Crippen LogP contribution in [0.2, 0.25) is 0 Å². The highest BCUT2D eigenvalue weighted by atomic mass is 16.5. The van der Waals surface area contributed by atoms with Gasteiger partial charge < -0.3 is 14.9 Å². The average molecular weight is 279 g/mol. The van der Waals surface area contributed by atoms with Gasteiger partial charge in [0.15, 0.2) is 5.82 Å². The summed E-state index contributed by atoms with van der Waals surface area (Å²) < 4.78 is 6.36. The van der Waals surface area contributed by atoms with Crippen LogP contribution in [-0.4, -0.2) is 31.2 Å². The van der Waals surface area contributed by atoms with Crippen molar-refractivity contribution in [2.24, 2.45) is 0 Å². The number of hydrogen-bond acceptors (Lipinski definition) is 6. The van der Waals surface area contributed by atoms with Crippen LogP contribution < -0.4 is 5.32 Å². The number of carbonyl (C=O) groups excluding carboxylic acids is 1. The highest BCUT2D eigenvalue weighted by Gasteiger charge is 2.20. The Morgan fingerprint density at radius 2 is 2.30 bits per heavy atom. The lowest BCUT2D eigenvalue weighted by atomic mass is 10.1. The maximum absolute atomic E-state index is 11.7. The van der Waals surface area contributed by atoms with Gasteiger partial charge in [-0.2, -0.15) is 0 Å². The topological polar surface area (TPSA) is 106 Å². The lowest BCUT2D eigenvalue weighted by molar-refractivity contribution is -0.116. The van der Waals surface area contributed by atoms with Gasteiger partial charge in [0.05, 0.1) is 12.7 Å². The number of aryl methyl sites for hydroxylation is 2. The number of nitrogens with one attached hydrogen (secondary N) is 1. The normalized spacial score (nSPS) is 11.6. The van der Waals surface area contributed by atoms with Gasteiger partial charge in [0, 0.05) is 12.5 Å². The number of rotatable bonds is 5. The molecule has 0 aliphatic heterocycles. The van der Waals surface area contributed by atoms with E-state index in [4.69, 9.17) is 4.52 Å². The van der Waals surface area contributed by atoms with Crippen LogP contribution in [0, 0.1) is 6.92 Å². The van der Waals surface area contributed by atoms with Gasteiger partial charge in [0.2, 0.25) is 5.91 Å². The van der Waals surface area contributed by atoms with Crippen LogP contribution in [-0.2, 0) is 16.9 Å². The second-order valence-electron chi connectivity index (χ2n) is 5.05. The maximum Gasteiger partial charge on any atom is 0.227 e. The van der Waals surface area contributed by atoms with E-state index in [-0.39, 0.29) is 12.3 Å². The van der Waals surface area contributed by atoms with E-state index in [2.05, 4.69) is 20.8 Å². The first kappa shape index (κ1) is 14.2. The maximum atomic E-state index is 11.7. The molecule has 2 aromatic heterocycles. The Bertz CT molecular complexity index is 596. The largest absolute Gasteiger partial charge is 0.384 e. The van der Waals surface area contributed by atoms with Crippen molar-refractivity contribution in [3.63, 3.8) is 0 Å². The van der Waals surface area contributed by atoms with Gasteiger partial charge >= 0.3 is 0 Å². The van der Waals surface area contributed by atoms with E-state index in [1.807, 2.05) is 0 Å². The van der Waals surface area contributed by atoms with Crippen LogP contribution in [0.25, 0.3) is 0 Å². The summed E-state index contributed by atoms with van der Waals surface area (Å²) in [6, 6.07) is 1.64. The van der Waals surface area contributed by atoms with Crippen molar-refractivity contribution in [1.29, 1.82) is 0 Å². The molecule has 0 bridgehead atoms. The molecule has 0 saturated carbocycles. The molecule has 2 aromatic rings. The van der Waals surface area contributed by atoms with Crippen molar-refractivity contribution in [2.75, 3.05) is 5.32 Å². The fourth-order valence-corrected chi connectivity index (χ4v) is 1.53. The number of carbonyl (C=O) groups is 1. The molecule has 1 amide bonds. The van der Waals surface area contributed by atoms with Crippen LogP contribution in [0.15, 0.2) is 16.8 Å². The van der Waals surface area contributed by atoms with Crippen LogP contribution in [0.5, 0.6) is 0 Å². The van der Waals surface area contributed by atoms with Gasteiger partial charge in [-0.25, -0.2) is 0 Å². The molecule has 2 rings (SSSR count). The second kappa shape index (κ2) is 5.41. The minimum absolute atomic E-state index is 0.196. The smallest absolute Gasteiger partial charge is 0.227 e. The van der Waals surface area contributed by atoms with Crippen molar-refractivity contribution in [3.8, 4) is 0 Å². The van der Waals surface area contributed by atoms with Crippen molar-refractivity contribution >= 4 is 11.7 Å². The molecular weight excluding hydrogens is 262 g/mol. The van der Waals surface area contributed by atoms with Crippen LogP contribution in [0.1, 0.15) is 31.7 Å². The molecule has 2 heterocycles. The zero-order valence-electron chi connectivity index (χ0n) is 11.6. The molecule has 0 aliphatic rings. The van der Waals surface area contributed by atoms with E-state index in [0.717, 1.165) is 0 Å². The lowest BCUT2D eigenvalue weighted by Crippen LogP contribution is -2.16. The molecule has 8 heteroatoms. The van der Waals surface area contributed by atoms with Gasteiger partial charge in [-0.15, -0.1) is 5.10 Å². The summed E-state index contributed by atoms with van der Waals surface area (Å²) in [5.74, 6) is 0.827. The SMILES string of the molecule is Cc1cc(NC(=O)CCn2cc(C(C)(C)O)nn2)no1. The molecular formula is C12H17N5O3. The first-order valence-electron chi connectivity index (χ1n) is 6.21. The molecule has 0 aromatic carbocycles. The van der Waals surface area contributed by atoms with Crippen molar-refractivity contribution in [1.82, 2.24) is 20.2 Å². The Morgan fingerprint density at radius 1 is 1.55 bits per heavy atom. The second-order valence-corrected chi connectivity index (χ2v) is 5.05. The fourth-order valence-electron chi connectivity index (χ4n) is 1.53. The molecule has 2 N–H and O–H groups in total. The Balaban J connectivity index is 1.86. The molecule has 0 aliphatic carbocycles. The Kier molecular flexibility index (Phi) is 3.84. The summed E-state index contributed by atoms with van der Waals surface area (Å²) in [6.07, 6.45) is 1.84. The Labute approximate surface area is 115 Å². The van der Waals surface area contributed by atoms with Gasteiger partial charge in [0.25, 0.3) is 0 Å². The summed E-state index contributed by atoms with van der Waals surface area (Å²) in [7, 11) is 0. The predicted molar refractivity (Wildman–Crippen MR) is 69.8 cm³/mol. The molecule has 0 radical (unpaired) electrons. The van der Waals surface area contributed by atoms with E-state index in [1.165, 1.54) is 4.68 Å². The molecule has 0 saturated heterocycles. The van der Waals surface area contributed by atoms with Crippen LogP contribution in [0.3, 0.4) is 0 Å². The predicted octanol–water partition coefficient (Wildman–Crippen LogP) is 0.831. The summed E-state index contributed by atoms with van der Waals surface area (Å²) in [5, 5.41) is 23.8. The third-order valence-electron chi connectivity index (χ3n) is 2.63. The minimum atomic E-state index is -1.04. The van der Waals surface area contributed by atoms with Gasteiger partial charge in [0.1, 0.15) is 17.1 Å². The number of aliphatic hydroxyl groups is 1. The quantitative estimate of drug-likeness (QED) is 0.839. The average Bonchev–Trinajstić information content (AvgIpc) is 2.95. The molecule has 0 unspecified atom stereocenters. The summed E-state index contributed by atoms with van der Waals surface area (Å²) in [4.78, 5) is 11.7. The summed E-state index contributed by atoms with van der Waals surface area (Å²) in [6.45, 7) is 5.36. The Hall–Kier alpha value is -2.22. The van der Waals surface area contributed by atoms with Crippen LogP contribution in [0.4, 0.5) is 5.82 Å². The first-order valence-corrected chi connectivity index (χ1v) is 6.21. The molecule has 108 valence electrons. The Morgan fingerprint density at radius 3 is 2.85 bits per heavy atom. The fraction of sp³-hybridized carbons (Fsp3) is 0.500. The zero-order valence-corrected chi connectivity index (χ0v) is 11.6. The first-order chi connectivity index (χ1) is 9.34. The number of hydrogen-bond donors (Lipinski definition) is 2. The van der Waals surface area contributed by atoms with E-state index in [0.29, 0.717) is 23.8 Å². The molecule has 0 spiro atoms. The molecule has 0 fully saturated rings. The van der Waals surface area contributed by atoms with E-state index < -0.39 is 5.60 Å². The highest BCUT2D eigenvalue weighted by Crippen LogP contribution is 2.15. The van der Waals surface area contributed by atoms with Crippen LogP contribution >= 0.6 is 0 Å². The number of aromatic nitrogens is 4. The van der Waals surface area contributed by atoms with Gasteiger partial charge in [-0.05, 0) is 20.8 Å². The standard InChI is InChI=1S/C12H17N5O3/c1-8-6-10(15-20-8)13-11(18)4-5-17-7-9(14-16-17)12(2,3)19/h6-7,19H,4-5H2,1-3H3,(H,13,15,18). The number of amides is 1. The third kappa shape index (κ3) is 3.64. The van der Waals surface area contributed by atoms with Crippen molar-refractivity contribution in [3.05, 3.63) is 23.7 Å². The number of nitrogens with zero attached hydrogens (tertiary/aromatic N) is 4. The third-order valence-corrected chi connectivity index (χ3v) is 2.63.